The van der Waals surface area contributed by atoms with Crippen molar-refractivity contribution in [2.24, 2.45) is 0 Å². The number of amides is 2. The van der Waals surface area contributed by atoms with Crippen LogP contribution in [-0.4, -0.2) is 33.5 Å². The largest absolute Gasteiger partial charge is 0.361 e. The number of hydrogen-bond acceptors (Lipinski definition) is 4. The molecule has 0 aromatic carbocycles. The highest BCUT2D eigenvalue weighted by atomic mass is 16.5. The summed E-state index contributed by atoms with van der Waals surface area (Å²) in [4.78, 5) is 25.6. The molecule has 98 valence electrons. The number of aromatic nitrogens is 1. The van der Waals surface area contributed by atoms with Crippen molar-refractivity contribution in [3.63, 3.8) is 0 Å². The quantitative estimate of drug-likeness (QED) is 0.835. The fourth-order valence-corrected chi connectivity index (χ4v) is 2.02. The van der Waals surface area contributed by atoms with Crippen LogP contribution in [0, 0.1) is 6.92 Å². The molecule has 1 aromatic heterocycles. The van der Waals surface area contributed by atoms with Crippen LogP contribution in [0.15, 0.2) is 10.6 Å². The maximum absolute atomic E-state index is 12.3. The molecule has 1 saturated heterocycles. The first-order chi connectivity index (χ1) is 8.31. The summed E-state index contributed by atoms with van der Waals surface area (Å²) >= 11 is 0. The van der Waals surface area contributed by atoms with Gasteiger partial charge in [-0.1, -0.05) is 5.16 Å². The molecule has 6 heteroatoms. The Labute approximate surface area is 105 Å². The first-order valence-electron chi connectivity index (χ1n) is 5.86. The van der Waals surface area contributed by atoms with Crippen LogP contribution in [0.4, 0.5) is 0 Å². The van der Waals surface area contributed by atoms with Crippen LogP contribution < -0.4 is 5.32 Å². The summed E-state index contributed by atoms with van der Waals surface area (Å²) in [6.07, 6.45) is 0. The Kier molecular flexibility index (Phi) is 2.88. The van der Waals surface area contributed by atoms with E-state index < -0.39 is 11.6 Å². The zero-order valence-corrected chi connectivity index (χ0v) is 11.0. The van der Waals surface area contributed by atoms with E-state index in [1.165, 1.54) is 4.90 Å². The highest BCUT2D eigenvalue weighted by Crippen LogP contribution is 2.20. The average molecular weight is 251 g/mol. The minimum Gasteiger partial charge on any atom is -0.361 e. The molecule has 18 heavy (non-hydrogen) atoms. The van der Waals surface area contributed by atoms with Crippen LogP contribution in [0.3, 0.4) is 0 Å². The molecule has 1 fully saturated rings. The third-order valence-electron chi connectivity index (χ3n) is 3.09. The van der Waals surface area contributed by atoms with Gasteiger partial charge in [-0.3, -0.25) is 9.59 Å². The molecule has 0 radical (unpaired) electrons. The molecule has 0 saturated carbocycles. The summed E-state index contributed by atoms with van der Waals surface area (Å²) in [5, 5.41) is 6.55. The van der Waals surface area contributed by atoms with Crippen molar-refractivity contribution in [1.82, 2.24) is 15.4 Å². The number of carbonyl (C=O) groups is 2. The molecular formula is C12H17N3O3. The van der Waals surface area contributed by atoms with Gasteiger partial charge in [0.05, 0.1) is 6.54 Å². The van der Waals surface area contributed by atoms with Crippen LogP contribution in [0.25, 0.3) is 0 Å². The molecule has 0 aliphatic carbocycles. The Morgan fingerprint density at radius 1 is 1.50 bits per heavy atom. The van der Waals surface area contributed by atoms with Crippen LogP contribution in [0.5, 0.6) is 0 Å². The van der Waals surface area contributed by atoms with E-state index in [9.17, 15) is 9.59 Å². The highest BCUT2D eigenvalue weighted by molar-refractivity contribution is 5.99. The van der Waals surface area contributed by atoms with Crippen LogP contribution in [0.2, 0.25) is 0 Å². The summed E-state index contributed by atoms with van der Waals surface area (Å²) < 4.78 is 4.97. The molecule has 1 aliphatic heterocycles. The Morgan fingerprint density at radius 2 is 2.17 bits per heavy atom. The van der Waals surface area contributed by atoms with Gasteiger partial charge in [-0.2, -0.15) is 0 Å². The lowest BCUT2D eigenvalue weighted by Gasteiger charge is -2.41. The predicted molar refractivity (Wildman–Crippen MR) is 63.5 cm³/mol. The van der Waals surface area contributed by atoms with Gasteiger partial charge >= 0.3 is 0 Å². The van der Waals surface area contributed by atoms with Gasteiger partial charge in [-0.25, -0.2) is 0 Å². The van der Waals surface area contributed by atoms with E-state index in [4.69, 9.17) is 4.52 Å². The lowest BCUT2D eigenvalue weighted by Crippen LogP contribution is -2.66. The molecule has 0 spiro atoms. The Bertz CT molecular complexity index is 493. The molecule has 1 N–H and O–H groups in total. The smallest absolute Gasteiger partial charge is 0.248 e. The van der Waals surface area contributed by atoms with E-state index in [0.29, 0.717) is 11.5 Å². The Morgan fingerprint density at radius 3 is 2.72 bits per heavy atom. The lowest BCUT2D eigenvalue weighted by atomic mass is 9.97. The molecule has 0 bridgehead atoms. The molecule has 1 aromatic rings. The van der Waals surface area contributed by atoms with Gasteiger partial charge in [0.2, 0.25) is 11.8 Å². The molecule has 2 heterocycles. The standard InChI is InChI=1S/C12H17N3O3/c1-7-5-9(14-18-7)6-15-8(2)10(16)13-12(3,4)11(15)17/h5,8H,6H2,1-4H3,(H,13,16). The van der Waals surface area contributed by atoms with Crippen molar-refractivity contribution >= 4 is 11.8 Å². The first-order valence-corrected chi connectivity index (χ1v) is 5.86. The summed E-state index contributed by atoms with van der Waals surface area (Å²) in [5.41, 5.74) is -0.222. The number of carbonyl (C=O) groups excluding carboxylic acids is 2. The fourth-order valence-electron chi connectivity index (χ4n) is 2.02. The maximum Gasteiger partial charge on any atom is 0.248 e. The van der Waals surface area contributed by atoms with Gasteiger partial charge in [0.25, 0.3) is 0 Å². The lowest BCUT2D eigenvalue weighted by molar-refractivity contribution is -0.153. The molecule has 1 unspecified atom stereocenters. The van der Waals surface area contributed by atoms with Gasteiger partial charge in [0, 0.05) is 6.07 Å². The van der Waals surface area contributed by atoms with Crippen LogP contribution in [-0.2, 0) is 16.1 Å². The fraction of sp³-hybridized carbons (Fsp3) is 0.583. The van der Waals surface area contributed by atoms with E-state index >= 15 is 0 Å². The molecule has 2 amide bonds. The predicted octanol–water partition coefficient (Wildman–Crippen LogP) is 0.609. The van der Waals surface area contributed by atoms with Gasteiger partial charge in [-0.05, 0) is 27.7 Å². The molecule has 1 aliphatic rings. The Hall–Kier alpha value is -1.85. The van der Waals surface area contributed by atoms with Crippen molar-refractivity contribution in [3.8, 4) is 0 Å². The first kappa shape index (κ1) is 12.6. The molecule has 6 nitrogen and oxygen atoms in total. The van der Waals surface area contributed by atoms with Gasteiger partial charge in [0.1, 0.15) is 23.0 Å². The number of aryl methyl sites for hydroxylation is 1. The van der Waals surface area contributed by atoms with Crippen LogP contribution in [0.1, 0.15) is 32.2 Å². The van der Waals surface area contributed by atoms with Crippen molar-refractivity contribution in [2.45, 2.75) is 45.8 Å². The van der Waals surface area contributed by atoms with E-state index in [-0.39, 0.29) is 18.4 Å². The van der Waals surface area contributed by atoms with Crippen molar-refractivity contribution in [3.05, 3.63) is 17.5 Å². The maximum atomic E-state index is 12.3. The zero-order chi connectivity index (χ0) is 13.5. The van der Waals surface area contributed by atoms with E-state index in [1.807, 2.05) is 0 Å². The second-order valence-electron chi connectivity index (χ2n) is 5.15. The average Bonchev–Trinajstić information content (AvgIpc) is 2.67. The number of nitrogens with zero attached hydrogens (tertiary/aromatic N) is 2. The minimum absolute atomic E-state index is 0.116. The SMILES string of the molecule is Cc1cc(CN2C(=O)C(C)(C)NC(=O)C2C)no1. The second kappa shape index (κ2) is 4.12. The minimum atomic E-state index is -0.873. The topological polar surface area (TPSA) is 75.4 Å². The molecule has 2 rings (SSSR count). The number of hydrogen-bond donors (Lipinski definition) is 1. The van der Waals surface area contributed by atoms with Gasteiger partial charge in [0.15, 0.2) is 0 Å². The van der Waals surface area contributed by atoms with Gasteiger partial charge in [-0.15, -0.1) is 0 Å². The van der Waals surface area contributed by atoms with Crippen molar-refractivity contribution in [1.29, 1.82) is 0 Å². The third kappa shape index (κ3) is 2.10. The van der Waals surface area contributed by atoms with Gasteiger partial charge < -0.3 is 14.7 Å². The number of piperazine rings is 1. The van der Waals surface area contributed by atoms with E-state index in [0.717, 1.165) is 0 Å². The normalized spacial score (nSPS) is 23.1. The van der Waals surface area contributed by atoms with E-state index in [1.54, 1.807) is 33.8 Å². The monoisotopic (exact) mass is 251 g/mol. The summed E-state index contributed by atoms with van der Waals surface area (Å²) in [7, 11) is 0. The third-order valence-corrected chi connectivity index (χ3v) is 3.09. The van der Waals surface area contributed by atoms with Crippen molar-refractivity contribution < 1.29 is 14.1 Å². The molecule has 1 atom stereocenters. The summed E-state index contributed by atoms with van der Waals surface area (Å²) in [6, 6.07) is 1.27. The number of rotatable bonds is 2. The van der Waals surface area contributed by atoms with Crippen LogP contribution >= 0.6 is 0 Å². The Balaban J connectivity index is 2.23. The molecular weight excluding hydrogens is 234 g/mol. The summed E-state index contributed by atoms with van der Waals surface area (Å²) in [6.45, 7) is 7.17. The summed E-state index contributed by atoms with van der Waals surface area (Å²) in [5.74, 6) is 0.417. The highest BCUT2D eigenvalue weighted by Gasteiger charge is 2.43. The zero-order valence-electron chi connectivity index (χ0n) is 11.0. The van der Waals surface area contributed by atoms with E-state index in [2.05, 4.69) is 10.5 Å². The van der Waals surface area contributed by atoms with Crippen molar-refractivity contribution in [2.75, 3.05) is 0 Å². The number of nitrogens with one attached hydrogen (secondary N) is 1. The second-order valence-corrected chi connectivity index (χ2v) is 5.15.